The number of aliphatic hydroxyl groups is 1. The summed E-state index contributed by atoms with van der Waals surface area (Å²) < 4.78 is 0. The minimum Gasteiger partial charge on any atom is -0.382 e. The molecule has 1 N–H and O–H groups in total. The van der Waals surface area contributed by atoms with E-state index in [2.05, 4.69) is 12.1 Å². The maximum atomic E-state index is 12.0. The molecule has 0 heterocycles. The van der Waals surface area contributed by atoms with Crippen LogP contribution in [0.3, 0.4) is 0 Å². The summed E-state index contributed by atoms with van der Waals surface area (Å²) in [5.74, 6) is 0.556. The maximum Gasteiger partial charge on any atom is 0.193 e. The van der Waals surface area contributed by atoms with Gasteiger partial charge in [-0.15, -0.1) is 11.8 Å². The van der Waals surface area contributed by atoms with Crippen LogP contribution in [0.2, 0.25) is 0 Å². The van der Waals surface area contributed by atoms with Crippen molar-refractivity contribution in [2.75, 3.05) is 0 Å². The molecule has 0 aliphatic carbocycles. The van der Waals surface area contributed by atoms with Gasteiger partial charge in [0, 0.05) is 16.2 Å². The van der Waals surface area contributed by atoms with E-state index < -0.39 is 5.60 Å². The summed E-state index contributed by atoms with van der Waals surface area (Å²) in [5, 5.41) is 9.78. The van der Waals surface area contributed by atoms with Crippen molar-refractivity contribution in [2.24, 2.45) is 0 Å². The first kappa shape index (κ1) is 14.8. The molecule has 2 nitrogen and oxygen atoms in total. The summed E-state index contributed by atoms with van der Waals surface area (Å²) >= 11 is 1.73. The molecule has 2 aromatic carbocycles. The zero-order valence-corrected chi connectivity index (χ0v) is 12.5. The van der Waals surface area contributed by atoms with Gasteiger partial charge in [0.2, 0.25) is 0 Å². The largest absolute Gasteiger partial charge is 0.382 e. The quantitative estimate of drug-likeness (QED) is 0.668. The highest BCUT2D eigenvalue weighted by molar-refractivity contribution is 7.98. The molecule has 0 atom stereocenters. The van der Waals surface area contributed by atoms with Crippen molar-refractivity contribution in [1.29, 1.82) is 0 Å². The fraction of sp³-hybridized carbons (Fsp3) is 0.235. The second kappa shape index (κ2) is 6.25. The third kappa shape index (κ3) is 3.95. The zero-order chi connectivity index (χ0) is 14.6. The predicted molar refractivity (Wildman–Crippen MR) is 83.1 cm³/mol. The second-order valence-corrected chi connectivity index (χ2v) is 6.24. The van der Waals surface area contributed by atoms with Gasteiger partial charge >= 0.3 is 0 Å². The number of Topliss-reactive ketones (excluding diaryl/α,β-unsaturated/α-hetero) is 1. The lowest BCUT2D eigenvalue weighted by Crippen LogP contribution is -2.31. The Balaban J connectivity index is 2.09. The smallest absolute Gasteiger partial charge is 0.193 e. The lowest BCUT2D eigenvalue weighted by Gasteiger charge is -2.15. The molecular formula is C17H18O2S. The van der Waals surface area contributed by atoms with Crippen LogP contribution in [-0.2, 0) is 5.75 Å². The van der Waals surface area contributed by atoms with Gasteiger partial charge in [-0.25, -0.2) is 0 Å². The topological polar surface area (TPSA) is 37.3 Å². The van der Waals surface area contributed by atoms with Crippen LogP contribution in [-0.4, -0.2) is 16.5 Å². The third-order valence-corrected chi connectivity index (χ3v) is 3.98. The van der Waals surface area contributed by atoms with Gasteiger partial charge in [-0.1, -0.05) is 36.4 Å². The monoisotopic (exact) mass is 286 g/mol. The molecule has 2 aromatic rings. The highest BCUT2D eigenvalue weighted by Gasteiger charge is 2.25. The van der Waals surface area contributed by atoms with Crippen molar-refractivity contribution < 1.29 is 9.90 Å². The summed E-state index contributed by atoms with van der Waals surface area (Å²) in [6.07, 6.45) is 0. The number of rotatable bonds is 5. The number of carbonyl (C=O) groups excluding carboxylic acids is 1. The summed E-state index contributed by atoms with van der Waals surface area (Å²) in [6, 6.07) is 17.6. The van der Waals surface area contributed by atoms with E-state index in [0.717, 1.165) is 11.3 Å². The zero-order valence-electron chi connectivity index (χ0n) is 11.7. The van der Waals surface area contributed by atoms with Crippen LogP contribution in [0.4, 0.5) is 0 Å². The molecular weight excluding hydrogens is 268 g/mol. The van der Waals surface area contributed by atoms with Crippen LogP contribution in [0.1, 0.15) is 29.8 Å². The molecule has 0 unspecified atom stereocenters. The van der Waals surface area contributed by atoms with E-state index in [4.69, 9.17) is 0 Å². The molecule has 0 fully saturated rings. The van der Waals surface area contributed by atoms with Crippen LogP contribution in [0.5, 0.6) is 0 Å². The van der Waals surface area contributed by atoms with Crippen LogP contribution >= 0.6 is 11.8 Å². The number of carbonyl (C=O) groups is 1. The lowest BCUT2D eigenvalue weighted by atomic mass is 9.96. The van der Waals surface area contributed by atoms with E-state index in [-0.39, 0.29) is 5.78 Å². The van der Waals surface area contributed by atoms with Crippen molar-refractivity contribution in [2.45, 2.75) is 30.1 Å². The average molecular weight is 286 g/mol. The molecule has 0 aliphatic rings. The predicted octanol–water partition coefficient (Wildman–Crippen LogP) is 3.93. The van der Waals surface area contributed by atoms with Gasteiger partial charge in [-0.05, 0) is 37.6 Å². The Morgan fingerprint density at radius 1 is 1.10 bits per heavy atom. The Labute approximate surface area is 123 Å². The minimum absolute atomic E-state index is 0.246. The Kier molecular flexibility index (Phi) is 4.63. The second-order valence-electron chi connectivity index (χ2n) is 5.19. The normalized spacial score (nSPS) is 11.3. The average Bonchev–Trinajstić information content (AvgIpc) is 2.45. The number of thioether (sulfide) groups is 1. The van der Waals surface area contributed by atoms with Gasteiger partial charge in [0.15, 0.2) is 5.78 Å². The molecule has 3 heteroatoms. The van der Waals surface area contributed by atoms with Crippen molar-refractivity contribution in [1.82, 2.24) is 0 Å². The summed E-state index contributed by atoms with van der Waals surface area (Å²) in [7, 11) is 0. The van der Waals surface area contributed by atoms with Gasteiger partial charge in [0.25, 0.3) is 0 Å². The molecule has 0 saturated carbocycles. The van der Waals surface area contributed by atoms with Gasteiger partial charge in [0.05, 0.1) is 0 Å². The summed E-state index contributed by atoms with van der Waals surface area (Å²) in [6.45, 7) is 3.03. The third-order valence-electron chi connectivity index (χ3n) is 2.89. The van der Waals surface area contributed by atoms with E-state index >= 15 is 0 Å². The van der Waals surface area contributed by atoms with E-state index in [1.165, 1.54) is 18.7 Å². The first-order valence-electron chi connectivity index (χ1n) is 6.51. The Hall–Kier alpha value is -1.58. The van der Waals surface area contributed by atoms with Gasteiger partial charge in [-0.2, -0.15) is 0 Å². The molecule has 0 radical (unpaired) electrons. The SMILES string of the molecule is CC(C)(O)C(=O)c1cccc(CSc2ccccc2)c1. The molecule has 0 spiro atoms. The van der Waals surface area contributed by atoms with E-state index in [1.807, 2.05) is 36.4 Å². The van der Waals surface area contributed by atoms with Crippen molar-refractivity contribution in [3.63, 3.8) is 0 Å². The molecule has 0 aromatic heterocycles. The van der Waals surface area contributed by atoms with Crippen molar-refractivity contribution in [3.8, 4) is 0 Å². The molecule has 0 saturated heterocycles. The molecule has 0 bridgehead atoms. The number of hydrogen-bond acceptors (Lipinski definition) is 3. The summed E-state index contributed by atoms with van der Waals surface area (Å²) in [5.41, 5.74) is 0.309. The Morgan fingerprint density at radius 2 is 1.80 bits per heavy atom. The number of hydrogen-bond donors (Lipinski definition) is 1. The first-order valence-corrected chi connectivity index (χ1v) is 7.49. The highest BCUT2D eigenvalue weighted by Crippen LogP contribution is 2.23. The highest BCUT2D eigenvalue weighted by atomic mass is 32.2. The lowest BCUT2D eigenvalue weighted by molar-refractivity contribution is 0.0488. The fourth-order valence-corrected chi connectivity index (χ4v) is 2.70. The van der Waals surface area contributed by atoms with Crippen molar-refractivity contribution >= 4 is 17.5 Å². The van der Waals surface area contributed by atoms with Crippen LogP contribution in [0.15, 0.2) is 59.5 Å². The number of ketones is 1. The van der Waals surface area contributed by atoms with Crippen LogP contribution in [0, 0.1) is 0 Å². The van der Waals surface area contributed by atoms with E-state index in [0.29, 0.717) is 5.56 Å². The molecule has 0 aliphatic heterocycles. The van der Waals surface area contributed by atoms with E-state index in [1.54, 1.807) is 17.8 Å². The Bertz CT molecular complexity index is 585. The Morgan fingerprint density at radius 3 is 2.45 bits per heavy atom. The van der Waals surface area contributed by atoms with E-state index in [9.17, 15) is 9.90 Å². The molecule has 20 heavy (non-hydrogen) atoms. The molecule has 104 valence electrons. The van der Waals surface area contributed by atoms with Crippen LogP contribution < -0.4 is 0 Å². The molecule has 2 rings (SSSR count). The number of benzene rings is 2. The standard InChI is InChI=1S/C17H18O2S/c1-17(2,19)16(18)14-8-6-7-13(11-14)12-20-15-9-4-3-5-10-15/h3-11,19H,12H2,1-2H3. The minimum atomic E-state index is -1.33. The van der Waals surface area contributed by atoms with Crippen LogP contribution in [0.25, 0.3) is 0 Å². The molecule has 0 amide bonds. The fourth-order valence-electron chi connectivity index (χ4n) is 1.84. The van der Waals surface area contributed by atoms with Gasteiger partial charge in [-0.3, -0.25) is 4.79 Å². The van der Waals surface area contributed by atoms with Crippen molar-refractivity contribution in [3.05, 3.63) is 65.7 Å². The van der Waals surface area contributed by atoms with Gasteiger partial charge < -0.3 is 5.11 Å². The van der Waals surface area contributed by atoms with Gasteiger partial charge in [0.1, 0.15) is 5.60 Å². The maximum absolute atomic E-state index is 12.0. The first-order chi connectivity index (χ1) is 9.47. The summed E-state index contributed by atoms with van der Waals surface area (Å²) in [4.78, 5) is 13.2.